The summed E-state index contributed by atoms with van der Waals surface area (Å²) in [5, 5.41) is 2.73. The zero-order chi connectivity index (χ0) is 18.3. The molecule has 1 saturated carbocycles. The molecule has 5 nitrogen and oxygen atoms in total. The molecule has 0 bridgehead atoms. The van der Waals surface area contributed by atoms with Crippen molar-refractivity contribution >= 4 is 15.9 Å². The monoisotopic (exact) mass is 368 g/mol. The van der Waals surface area contributed by atoms with E-state index in [0.29, 0.717) is 25.1 Å². The van der Waals surface area contributed by atoms with Crippen LogP contribution in [-0.2, 0) is 20.2 Å². The van der Waals surface area contributed by atoms with Crippen LogP contribution in [0.4, 0.5) is 4.39 Å². The predicted molar refractivity (Wildman–Crippen MR) is 94.1 cm³/mol. The topological polar surface area (TPSA) is 66.5 Å². The molecule has 0 spiro atoms. The first kappa shape index (κ1) is 18.3. The van der Waals surface area contributed by atoms with E-state index in [0.717, 1.165) is 12.8 Å². The molecule has 1 aliphatic carbocycles. The Bertz CT molecular complexity index is 772. The Morgan fingerprint density at radius 3 is 2.40 bits per heavy atom. The third kappa shape index (κ3) is 3.19. The zero-order valence-electron chi connectivity index (χ0n) is 14.7. The number of rotatable bonds is 6. The highest BCUT2D eigenvalue weighted by Crippen LogP contribution is 2.64. The summed E-state index contributed by atoms with van der Waals surface area (Å²) in [5.74, 6) is -0.806. The summed E-state index contributed by atoms with van der Waals surface area (Å²) in [6.07, 6.45) is 2.32. The number of hydrogen-bond acceptors (Lipinski definition) is 3. The molecule has 1 aromatic carbocycles. The van der Waals surface area contributed by atoms with Crippen molar-refractivity contribution in [1.29, 1.82) is 0 Å². The van der Waals surface area contributed by atoms with Gasteiger partial charge in [0.05, 0.1) is 11.2 Å². The first-order chi connectivity index (χ1) is 11.7. The fourth-order valence-electron chi connectivity index (χ4n) is 3.94. The molecule has 1 N–H and O–H groups in total. The van der Waals surface area contributed by atoms with Crippen molar-refractivity contribution in [2.24, 2.45) is 5.41 Å². The molecule has 138 valence electrons. The van der Waals surface area contributed by atoms with Crippen LogP contribution < -0.4 is 5.32 Å². The van der Waals surface area contributed by atoms with Crippen molar-refractivity contribution in [1.82, 2.24) is 9.62 Å². The fourth-order valence-corrected chi connectivity index (χ4v) is 5.37. The van der Waals surface area contributed by atoms with Gasteiger partial charge in [-0.25, -0.2) is 17.1 Å². The van der Waals surface area contributed by atoms with Crippen LogP contribution in [0, 0.1) is 11.2 Å². The van der Waals surface area contributed by atoms with E-state index in [1.165, 1.54) is 10.4 Å². The molecule has 1 amide bonds. The normalized spacial score (nSPS) is 25.7. The highest BCUT2D eigenvalue weighted by atomic mass is 32.2. The van der Waals surface area contributed by atoms with Gasteiger partial charge in [0, 0.05) is 25.2 Å². The maximum Gasteiger partial charge on any atom is 0.231 e. The molecule has 0 aromatic heterocycles. The molecule has 2 aliphatic rings. The quantitative estimate of drug-likeness (QED) is 0.836. The Kier molecular flexibility index (Phi) is 4.66. The molecule has 1 aliphatic heterocycles. The Labute approximate surface area is 148 Å². The van der Waals surface area contributed by atoms with Gasteiger partial charge in [-0.2, -0.15) is 0 Å². The Balaban J connectivity index is 1.68. The lowest BCUT2D eigenvalue weighted by Gasteiger charge is -2.22. The Morgan fingerprint density at radius 1 is 1.24 bits per heavy atom. The molecule has 0 radical (unpaired) electrons. The highest BCUT2D eigenvalue weighted by Gasteiger charge is 2.67. The molecule has 3 rings (SSSR count). The standard InChI is InChI=1S/C18H25FN2O3S/c1-17(2)13-18(17,14-7-3-4-8-15(14)19)16(22)20-9-12-25(23,24)21-10-5-6-11-21/h3-4,7-8H,5-6,9-13H2,1-2H3,(H,20,22)/t18-/m0/s1. The Morgan fingerprint density at radius 2 is 1.84 bits per heavy atom. The predicted octanol–water partition coefficient (Wildman–Crippen LogP) is 2.04. The number of halogens is 1. The van der Waals surface area contributed by atoms with Crippen LogP contribution >= 0.6 is 0 Å². The van der Waals surface area contributed by atoms with Crippen LogP contribution in [0.5, 0.6) is 0 Å². The van der Waals surface area contributed by atoms with Gasteiger partial charge in [0.25, 0.3) is 0 Å². The van der Waals surface area contributed by atoms with Crippen molar-refractivity contribution in [3.8, 4) is 0 Å². The van der Waals surface area contributed by atoms with Gasteiger partial charge in [-0.05, 0) is 30.7 Å². The second-order valence-corrected chi connectivity index (χ2v) is 9.71. The molecule has 1 atom stereocenters. The largest absolute Gasteiger partial charge is 0.354 e. The SMILES string of the molecule is CC1(C)C[C@@]1(C(=O)NCCS(=O)(=O)N1CCCC1)c1ccccc1F. The average Bonchev–Trinajstić information content (AvgIpc) is 2.92. The van der Waals surface area contributed by atoms with E-state index >= 15 is 0 Å². The molecular formula is C18H25FN2O3S. The molecule has 0 unspecified atom stereocenters. The number of sulfonamides is 1. The smallest absolute Gasteiger partial charge is 0.231 e. The van der Waals surface area contributed by atoms with Crippen molar-refractivity contribution in [3.63, 3.8) is 0 Å². The summed E-state index contributed by atoms with van der Waals surface area (Å²) in [4.78, 5) is 12.8. The number of nitrogens with zero attached hydrogens (tertiary/aromatic N) is 1. The van der Waals surface area contributed by atoms with Gasteiger partial charge in [0.15, 0.2) is 0 Å². The maximum atomic E-state index is 14.3. The van der Waals surface area contributed by atoms with Crippen LogP contribution in [-0.4, -0.2) is 44.0 Å². The van der Waals surface area contributed by atoms with Crippen molar-refractivity contribution in [2.45, 2.75) is 38.5 Å². The van der Waals surface area contributed by atoms with E-state index in [-0.39, 0.29) is 23.6 Å². The molecule has 25 heavy (non-hydrogen) atoms. The molecular weight excluding hydrogens is 343 g/mol. The van der Waals surface area contributed by atoms with E-state index in [4.69, 9.17) is 0 Å². The number of carbonyl (C=O) groups is 1. The second kappa shape index (κ2) is 6.36. The molecule has 1 aromatic rings. The van der Waals surface area contributed by atoms with Crippen LogP contribution in [0.3, 0.4) is 0 Å². The molecule has 1 heterocycles. The van der Waals surface area contributed by atoms with E-state index in [2.05, 4.69) is 5.32 Å². The summed E-state index contributed by atoms with van der Waals surface area (Å²) in [6.45, 7) is 5.02. The number of benzene rings is 1. The fraction of sp³-hybridized carbons (Fsp3) is 0.611. The number of amides is 1. The zero-order valence-corrected chi connectivity index (χ0v) is 15.5. The maximum absolute atomic E-state index is 14.3. The summed E-state index contributed by atoms with van der Waals surface area (Å²) in [6, 6.07) is 6.32. The van der Waals surface area contributed by atoms with Gasteiger partial charge in [0.1, 0.15) is 5.82 Å². The van der Waals surface area contributed by atoms with Crippen LogP contribution in [0.1, 0.15) is 38.7 Å². The minimum atomic E-state index is -3.34. The number of carbonyl (C=O) groups excluding carboxylic acids is 1. The lowest BCUT2D eigenvalue weighted by molar-refractivity contribution is -0.124. The van der Waals surface area contributed by atoms with E-state index in [1.807, 2.05) is 13.8 Å². The average molecular weight is 368 g/mol. The summed E-state index contributed by atoms with van der Waals surface area (Å²) >= 11 is 0. The number of hydrogen-bond donors (Lipinski definition) is 1. The third-order valence-electron chi connectivity index (χ3n) is 5.56. The van der Waals surface area contributed by atoms with Gasteiger partial charge >= 0.3 is 0 Å². The van der Waals surface area contributed by atoms with Gasteiger partial charge < -0.3 is 5.32 Å². The minimum Gasteiger partial charge on any atom is -0.354 e. The summed E-state index contributed by atoms with van der Waals surface area (Å²) < 4.78 is 40.2. The van der Waals surface area contributed by atoms with E-state index < -0.39 is 21.3 Å². The third-order valence-corrected chi connectivity index (χ3v) is 7.43. The first-order valence-electron chi connectivity index (χ1n) is 8.72. The lowest BCUT2D eigenvalue weighted by atomic mass is 9.86. The van der Waals surface area contributed by atoms with Crippen molar-refractivity contribution in [3.05, 3.63) is 35.6 Å². The first-order valence-corrected chi connectivity index (χ1v) is 10.3. The van der Waals surface area contributed by atoms with Gasteiger partial charge in [-0.3, -0.25) is 4.79 Å². The van der Waals surface area contributed by atoms with Crippen molar-refractivity contribution in [2.75, 3.05) is 25.4 Å². The minimum absolute atomic E-state index is 0.0456. The van der Waals surface area contributed by atoms with Gasteiger partial charge in [0.2, 0.25) is 15.9 Å². The van der Waals surface area contributed by atoms with Gasteiger partial charge in [-0.1, -0.05) is 32.0 Å². The van der Waals surface area contributed by atoms with Crippen LogP contribution in [0.25, 0.3) is 0 Å². The van der Waals surface area contributed by atoms with Crippen LogP contribution in [0.2, 0.25) is 0 Å². The second-order valence-electron chi connectivity index (χ2n) is 7.62. The summed E-state index contributed by atoms with van der Waals surface area (Å²) in [7, 11) is -3.34. The van der Waals surface area contributed by atoms with Gasteiger partial charge in [-0.15, -0.1) is 0 Å². The highest BCUT2D eigenvalue weighted by molar-refractivity contribution is 7.89. The number of nitrogens with one attached hydrogen (secondary N) is 1. The van der Waals surface area contributed by atoms with Crippen LogP contribution in [0.15, 0.2) is 24.3 Å². The molecule has 2 fully saturated rings. The Hall–Kier alpha value is -1.47. The summed E-state index contributed by atoms with van der Waals surface area (Å²) in [5.41, 5.74) is -0.886. The van der Waals surface area contributed by atoms with Crippen molar-refractivity contribution < 1.29 is 17.6 Å². The lowest BCUT2D eigenvalue weighted by Crippen LogP contribution is -2.42. The molecule has 1 saturated heterocycles. The van der Waals surface area contributed by atoms with E-state index in [1.54, 1.807) is 18.2 Å². The van der Waals surface area contributed by atoms with E-state index in [9.17, 15) is 17.6 Å². The molecule has 7 heteroatoms.